The number of hydroxylamine groups is 2. The van der Waals surface area contributed by atoms with Crippen molar-refractivity contribution in [1.82, 2.24) is 9.96 Å². The summed E-state index contributed by atoms with van der Waals surface area (Å²) in [6.45, 7) is 0.662. The van der Waals surface area contributed by atoms with Crippen molar-refractivity contribution in [2.45, 2.75) is 38.5 Å². The number of phenolic OH excluding ortho intramolecular Hbond substituents is 1. The standard InChI is InChI=1S/C21H22F2N2O7/c1-24(8-4-2-3-7-16(27)32-25-9-5-6-15(25)26)20(29)13-10-12-11-14(22)18(28)17(23)19(12)31-21(13)30/h10-11,28H,2-9H2,1H3. The zero-order valence-electron chi connectivity index (χ0n) is 17.4. The molecule has 1 saturated heterocycles. The van der Waals surface area contributed by atoms with Crippen LogP contribution in [0.3, 0.4) is 0 Å². The summed E-state index contributed by atoms with van der Waals surface area (Å²) in [5.74, 6) is -5.34. The van der Waals surface area contributed by atoms with Gasteiger partial charge in [0, 0.05) is 31.8 Å². The van der Waals surface area contributed by atoms with E-state index in [1.54, 1.807) is 0 Å². The van der Waals surface area contributed by atoms with Crippen LogP contribution in [-0.2, 0) is 14.4 Å². The number of rotatable bonds is 8. The minimum atomic E-state index is -1.42. The van der Waals surface area contributed by atoms with E-state index in [0.29, 0.717) is 38.6 Å². The first kappa shape index (κ1) is 23.2. The second kappa shape index (κ2) is 9.75. The molecular formula is C21H22F2N2O7. The Labute approximate surface area is 181 Å². The second-order valence-corrected chi connectivity index (χ2v) is 7.49. The monoisotopic (exact) mass is 452 g/mol. The summed E-state index contributed by atoms with van der Waals surface area (Å²) in [5.41, 5.74) is -2.16. The molecule has 0 saturated carbocycles. The van der Waals surface area contributed by atoms with Crippen molar-refractivity contribution < 1.29 is 37.5 Å². The molecule has 32 heavy (non-hydrogen) atoms. The Morgan fingerprint density at radius 3 is 2.66 bits per heavy atom. The fourth-order valence-electron chi connectivity index (χ4n) is 3.32. The van der Waals surface area contributed by atoms with Gasteiger partial charge in [0.25, 0.3) is 11.8 Å². The van der Waals surface area contributed by atoms with Crippen molar-refractivity contribution in [2.75, 3.05) is 20.1 Å². The van der Waals surface area contributed by atoms with Gasteiger partial charge in [0.05, 0.1) is 6.54 Å². The Bertz CT molecular complexity index is 1120. The molecule has 172 valence electrons. The molecule has 0 atom stereocenters. The molecule has 0 bridgehead atoms. The van der Waals surface area contributed by atoms with Gasteiger partial charge in [0.2, 0.25) is 5.82 Å². The Hall–Kier alpha value is -3.50. The molecule has 9 nitrogen and oxygen atoms in total. The average Bonchev–Trinajstić information content (AvgIpc) is 3.15. The Kier molecular flexibility index (Phi) is 7.06. The zero-order valence-corrected chi connectivity index (χ0v) is 17.4. The third-order valence-corrected chi connectivity index (χ3v) is 5.09. The number of carbonyl (C=O) groups excluding carboxylic acids is 3. The molecule has 2 amide bonds. The van der Waals surface area contributed by atoms with E-state index in [1.165, 1.54) is 11.9 Å². The number of fused-ring (bicyclic) bond motifs is 1. The van der Waals surface area contributed by atoms with Crippen LogP contribution >= 0.6 is 0 Å². The molecule has 1 aliphatic heterocycles. The minimum Gasteiger partial charge on any atom is -0.503 e. The van der Waals surface area contributed by atoms with Gasteiger partial charge in [-0.05, 0) is 31.4 Å². The van der Waals surface area contributed by atoms with Crippen molar-refractivity contribution >= 4 is 28.8 Å². The van der Waals surface area contributed by atoms with Crippen LogP contribution < -0.4 is 5.63 Å². The minimum absolute atomic E-state index is 0.125. The van der Waals surface area contributed by atoms with Crippen LogP contribution in [0.1, 0.15) is 48.9 Å². The first-order chi connectivity index (χ1) is 15.2. The maximum Gasteiger partial charge on any atom is 0.349 e. The smallest absolute Gasteiger partial charge is 0.349 e. The lowest BCUT2D eigenvalue weighted by Gasteiger charge is -2.17. The first-order valence-corrected chi connectivity index (χ1v) is 10.1. The number of hydrogen-bond acceptors (Lipinski definition) is 7. The van der Waals surface area contributed by atoms with E-state index in [0.717, 1.165) is 17.2 Å². The maximum absolute atomic E-state index is 13.9. The predicted molar refractivity (Wildman–Crippen MR) is 107 cm³/mol. The fourth-order valence-corrected chi connectivity index (χ4v) is 3.32. The number of phenols is 1. The lowest BCUT2D eigenvalue weighted by atomic mass is 10.1. The number of halogens is 2. The van der Waals surface area contributed by atoms with E-state index >= 15 is 0 Å². The van der Waals surface area contributed by atoms with Crippen LogP contribution in [0.15, 0.2) is 21.3 Å². The Balaban J connectivity index is 1.51. The summed E-state index contributed by atoms with van der Waals surface area (Å²) >= 11 is 0. The van der Waals surface area contributed by atoms with Gasteiger partial charge in [-0.2, -0.15) is 9.45 Å². The molecule has 2 aromatic rings. The van der Waals surface area contributed by atoms with Gasteiger partial charge in [0.15, 0.2) is 17.1 Å². The molecule has 11 heteroatoms. The Morgan fingerprint density at radius 2 is 1.97 bits per heavy atom. The molecule has 1 aliphatic rings. The molecule has 0 aliphatic carbocycles. The van der Waals surface area contributed by atoms with Gasteiger partial charge in [-0.25, -0.2) is 14.0 Å². The molecule has 1 N–H and O–H groups in total. The van der Waals surface area contributed by atoms with E-state index in [2.05, 4.69) is 0 Å². The molecule has 1 aromatic carbocycles. The quantitative estimate of drug-likeness (QED) is 0.483. The molecule has 3 rings (SSSR count). The lowest BCUT2D eigenvalue weighted by molar-refractivity contribution is -0.192. The normalized spacial score (nSPS) is 13.6. The van der Waals surface area contributed by atoms with Gasteiger partial charge in [-0.15, -0.1) is 0 Å². The van der Waals surface area contributed by atoms with Gasteiger partial charge >= 0.3 is 11.6 Å². The SMILES string of the molecule is CN(CCCCCC(=O)ON1CCCC1=O)C(=O)c1cc2cc(F)c(O)c(F)c2oc1=O. The van der Waals surface area contributed by atoms with E-state index in [4.69, 9.17) is 9.25 Å². The number of unbranched alkanes of at least 4 members (excludes halogenated alkanes) is 2. The summed E-state index contributed by atoms with van der Waals surface area (Å²) in [6.07, 6.45) is 2.75. The highest BCUT2D eigenvalue weighted by Gasteiger charge is 2.24. The van der Waals surface area contributed by atoms with Crippen molar-refractivity contribution in [3.8, 4) is 5.75 Å². The van der Waals surface area contributed by atoms with Gasteiger partial charge in [-0.1, -0.05) is 6.42 Å². The third kappa shape index (κ3) is 5.04. The van der Waals surface area contributed by atoms with E-state index in [-0.39, 0.29) is 24.3 Å². The first-order valence-electron chi connectivity index (χ1n) is 10.1. The molecule has 1 fully saturated rings. The zero-order chi connectivity index (χ0) is 23.4. The van der Waals surface area contributed by atoms with E-state index < -0.39 is 46.0 Å². The van der Waals surface area contributed by atoms with Crippen molar-refractivity contribution in [2.24, 2.45) is 0 Å². The van der Waals surface area contributed by atoms with E-state index in [1.807, 2.05) is 0 Å². The van der Waals surface area contributed by atoms with Crippen LogP contribution in [0.2, 0.25) is 0 Å². The highest BCUT2D eigenvalue weighted by Crippen LogP contribution is 2.28. The molecule has 0 spiro atoms. The highest BCUT2D eigenvalue weighted by molar-refractivity contribution is 5.96. The Morgan fingerprint density at radius 1 is 1.22 bits per heavy atom. The van der Waals surface area contributed by atoms with Crippen LogP contribution in [0.5, 0.6) is 5.75 Å². The molecular weight excluding hydrogens is 430 g/mol. The number of carbonyl (C=O) groups is 3. The fraction of sp³-hybridized carbons (Fsp3) is 0.429. The number of nitrogens with zero attached hydrogens (tertiary/aromatic N) is 2. The van der Waals surface area contributed by atoms with E-state index in [9.17, 15) is 33.1 Å². The summed E-state index contributed by atoms with van der Waals surface area (Å²) in [4.78, 5) is 54.1. The van der Waals surface area contributed by atoms with Crippen LogP contribution in [0.25, 0.3) is 11.0 Å². The number of hydrogen-bond donors (Lipinski definition) is 1. The number of amides is 2. The van der Waals surface area contributed by atoms with Crippen molar-refractivity contribution in [3.05, 3.63) is 39.8 Å². The molecule has 2 heterocycles. The topological polar surface area (TPSA) is 117 Å². The van der Waals surface area contributed by atoms with Crippen molar-refractivity contribution in [3.63, 3.8) is 0 Å². The van der Waals surface area contributed by atoms with Gasteiger partial charge in [0.1, 0.15) is 5.56 Å². The molecule has 0 radical (unpaired) electrons. The van der Waals surface area contributed by atoms with Gasteiger partial charge < -0.3 is 19.3 Å². The van der Waals surface area contributed by atoms with Crippen molar-refractivity contribution in [1.29, 1.82) is 0 Å². The summed E-state index contributed by atoms with van der Waals surface area (Å²) in [5, 5.41) is 10.2. The third-order valence-electron chi connectivity index (χ3n) is 5.09. The van der Waals surface area contributed by atoms with Crippen LogP contribution in [0, 0.1) is 11.6 Å². The maximum atomic E-state index is 13.9. The second-order valence-electron chi connectivity index (χ2n) is 7.49. The van der Waals surface area contributed by atoms with Crippen LogP contribution in [-0.4, -0.2) is 53.0 Å². The predicted octanol–water partition coefficient (Wildman–Crippen LogP) is 2.49. The number of aromatic hydroxyl groups is 1. The summed E-state index contributed by atoms with van der Waals surface area (Å²) < 4.78 is 32.2. The van der Waals surface area contributed by atoms with Crippen LogP contribution in [0.4, 0.5) is 8.78 Å². The summed E-state index contributed by atoms with van der Waals surface area (Å²) in [6, 6.07) is 1.78. The van der Waals surface area contributed by atoms with Gasteiger partial charge in [-0.3, -0.25) is 9.59 Å². The molecule has 0 unspecified atom stereocenters. The largest absolute Gasteiger partial charge is 0.503 e. The molecule has 1 aromatic heterocycles. The lowest BCUT2D eigenvalue weighted by Crippen LogP contribution is -2.31. The number of benzene rings is 1. The highest BCUT2D eigenvalue weighted by atomic mass is 19.1. The average molecular weight is 452 g/mol. The summed E-state index contributed by atoms with van der Waals surface area (Å²) in [7, 11) is 1.46.